The maximum atomic E-state index is 9.11. The van der Waals surface area contributed by atoms with E-state index in [1.165, 1.54) is 0 Å². The third-order valence-electron chi connectivity index (χ3n) is 3.74. The molecule has 0 amide bonds. The van der Waals surface area contributed by atoms with Crippen molar-refractivity contribution in [1.29, 1.82) is 0 Å². The van der Waals surface area contributed by atoms with Crippen molar-refractivity contribution in [2.75, 3.05) is 26.4 Å². The predicted molar refractivity (Wildman–Crippen MR) is 54.3 cm³/mol. The zero-order chi connectivity index (χ0) is 10.7. The molecule has 2 fully saturated rings. The van der Waals surface area contributed by atoms with Crippen LogP contribution in [0.3, 0.4) is 0 Å². The molecule has 0 bridgehead atoms. The number of rotatable bonds is 3. The number of aliphatic hydroxyl groups excluding tert-OH is 2. The number of aliphatic hydroxyl groups is 2. The first kappa shape index (κ1) is 11.3. The van der Waals surface area contributed by atoms with Gasteiger partial charge in [0.1, 0.15) is 0 Å². The first-order valence-electron chi connectivity index (χ1n) is 5.79. The van der Waals surface area contributed by atoms with Crippen LogP contribution in [0.5, 0.6) is 0 Å². The van der Waals surface area contributed by atoms with E-state index in [0.29, 0.717) is 19.1 Å². The molecule has 2 rings (SSSR count). The van der Waals surface area contributed by atoms with Crippen LogP contribution in [0.25, 0.3) is 0 Å². The van der Waals surface area contributed by atoms with Crippen LogP contribution in [0.15, 0.2) is 0 Å². The Morgan fingerprint density at radius 1 is 1.07 bits per heavy atom. The van der Waals surface area contributed by atoms with Crippen molar-refractivity contribution in [2.45, 2.75) is 31.5 Å². The highest BCUT2D eigenvalue weighted by atomic mass is 16.7. The third-order valence-corrected chi connectivity index (χ3v) is 3.74. The molecule has 1 aliphatic carbocycles. The average Bonchev–Trinajstić information content (AvgIpc) is 2.72. The summed E-state index contributed by atoms with van der Waals surface area (Å²) in [5.74, 6) is 0.119. The summed E-state index contributed by atoms with van der Waals surface area (Å²) in [4.78, 5) is 0. The number of hydrogen-bond acceptors (Lipinski definition) is 4. The molecule has 88 valence electrons. The lowest BCUT2D eigenvalue weighted by atomic mass is 9.78. The predicted octanol–water partition coefficient (Wildman–Crippen LogP) is 0.520. The first-order chi connectivity index (χ1) is 7.29. The molecule has 0 radical (unpaired) electrons. The van der Waals surface area contributed by atoms with Gasteiger partial charge in [-0.05, 0) is 18.8 Å². The summed E-state index contributed by atoms with van der Waals surface area (Å²) in [5, 5.41) is 18.2. The van der Waals surface area contributed by atoms with Gasteiger partial charge >= 0.3 is 0 Å². The van der Waals surface area contributed by atoms with Crippen LogP contribution in [0.4, 0.5) is 0 Å². The Hall–Kier alpha value is -0.160. The molecule has 15 heavy (non-hydrogen) atoms. The maximum Gasteiger partial charge on any atom is 0.168 e. The SMILES string of the molecule is OCC(CO)C1CCC2(CC1)OCCO2. The maximum absolute atomic E-state index is 9.11. The average molecular weight is 216 g/mol. The Morgan fingerprint density at radius 3 is 2.07 bits per heavy atom. The third kappa shape index (κ3) is 2.33. The minimum absolute atomic E-state index is 0.0313. The first-order valence-corrected chi connectivity index (χ1v) is 5.79. The standard InChI is InChI=1S/C11H20O4/c12-7-10(8-13)9-1-3-11(4-2-9)14-5-6-15-11/h9-10,12-13H,1-8H2. The van der Waals surface area contributed by atoms with Crippen molar-refractivity contribution in [2.24, 2.45) is 11.8 Å². The van der Waals surface area contributed by atoms with Crippen LogP contribution in [0.2, 0.25) is 0 Å². The Morgan fingerprint density at radius 2 is 1.60 bits per heavy atom. The lowest BCUT2D eigenvalue weighted by Crippen LogP contribution is -2.38. The fraction of sp³-hybridized carbons (Fsp3) is 1.00. The summed E-state index contributed by atoms with van der Waals surface area (Å²) < 4.78 is 11.3. The Kier molecular flexibility index (Phi) is 3.61. The monoisotopic (exact) mass is 216 g/mol. The number of hydrogen-bond donors (Lipinski definition) is 2. The number of ether oxygens (including phenoxy) is 2. The van der Waals surface area contributed by atoms with Crippen LogP contribution in [-0.4, -0.2) is 42.4 Å². The van der Waals surface area contributed by atoms with E-state index in [-0.39, 0.29) is 24.9 Å². The molecule has 0 aromatic carbocycles. The Labute approximate surface area is 90.2 Å². The van der Waals surface area contributed by atoms with Gasteiger partial charge in [0.05, 0.1) is 13.2 Å². The molecule has 2 N–H and O–H groups in total. The van der Waals surface area contributed by atoms with E-state index in [9.17, 15) is 0 Å². The summed E-state index contributed by atoms with van der Waals surface area (Å²) in [6.07, 6.45) is 3.75. The quantitative estimate of drug-likeness (QED) is 0.722. The van der Waals surface area contributed by atoms with Crippen LogP contribution in [-0.2, 0) is 9.47 Å². The fourth-order valence-corrected chi connectivity index (χ4v) is 2.69. The van der Waals surface area contributed by atoms with Gasteiger partial charge in [0.15, 0.2) is 5.79 Å². The van der Waals surface area contributed by atoms with Crippen molar-refractivity contribution in [1.82, 2.24) is 0 Å². The molecule has 4 heteroatoms. The minimum Gasteiger partial charge on any atom is -0.396 e. The smallest absolute Gasteiger partial charge is 0.168 e. The highest BCUT2D eigenvalue weighted by Crippen LogP contribution is 2.40. The zero-order valence-corrected chi connectivity index (χ0v) is 9.02. The molecular weight excluding hydrogens is 196 g/mol. The summed E-state index contributed by atoms with van der Waals surface area (Å²) in [5.41, 5.74) is 0. The molecule has 2 aliphatic rings. The topological polar surface area (TPSA) is 58.9 Å². The fourth-order valence-electron chi connectivity index (χ4n) is 2.69. The largest absolute Gasteiger partial charge is 0.396 e. The van der Waals surface area contributed by atoms with Crippen LogP contribution in [0, 0.1) is 11.8 Å². The normalized spacial score (nSPS) is 26.6. The van der Waals surface area contributed by atoms with Gasteiger partial charge in [-0.15, -0.1) is 0 Å². The Bertz CT molecular complexity index is 187. The molecule has 4 nitrogen and oxygen atoms in total. The molecule has 0 aromatic rings. The van der Waals surface area contributed by atoms with E-state index < -0.39 is 0 Å². The van der Waals surface area contributed by atoms with Crippen molar-refractivity contribution in [3.8, 4) is 0 Å². The lowest BCUT2D eigenvalue weighted by molar-refractivity contribution is -0.186. The van der Waals surface area contributed by atoms with Gasteiger partial charge in [0.25, 0.3) is 0 Å². The summed E-state index contributed by atoms with van der Waals surface area (Å²) >= 11 is 0. The molecule has 1 spiro atoms. The highest BCUT2D eigenvalue weighted by Gasteiger charge is 2.41. The van der Waals surface area contributed by atoms with Gasteiger partial charge in [0, 0.05) is 32.0 Å². The second-order valence-electron chi connectivity index (χ2n) is 4.57. The van der Waals surface area contributed by atoms with Crippen molar-refractivity contribution in [3.63, 3.8) is 0 Å². The molecule has 0 aromatic heterocycles. The highest BCUT2D eigenvalue weighted by molar-refractivity contribution is 4.84. The van der Waals surface area contributed by atoms with Crippen LogP contribution < -0.4 is 0 Å². The van der Waals surface area contributed by atoms with Gasteiger partial charge in [0.2, 0.25) is 0 Å². The van der Waals surface area contributed by atoms with Gasteiger partial charge in [-0.3, -0.25) is 0 Å². The summed E-state index contributed by atoms with van der Waals surface area (Å²) in [7, 11) is 0. The van der Waals surface area contributed by atoms with Crippen LogP contribution in [0.1, 0.15) is 25.7 Å². The van der Waals surface area contributed by atoms with Crippen LogP contribution >= 0.6 is 0 Å². The summed E-state index contributed by atoms with van der Waals surface area (Å²) in [6, 6.07) is 0. The van der Waals surface area contributed by atoms with E-state index in [2.05, 4.69) is 0 Å². The van der Waals surface area contributed by atoms with E-state index in [1.807, 2.05) is 0 Å². The van der Waals surface area contributed by atoms with Crippen molar-refractivity contribution in [3.05, 3.63) is 0 Å². The summed E-state index contributed by atoms with van der Waals surface area (Å²) in [6.45, 7) is 1.56. The zero-order valence-electron chi connectivity index (χ0n) is 9.02. The lowest BCUT2D eigenvalue weighted by Gasteiger charge is -2.37. The second-order valence-corrected chi connectivity index (χ2v) is 4.57. The van der Waals surface area contributed by atoms with Gasteiger partial charge in [-0.1, -0.05) is 0 Å². The van der Waals surface area contributed by atoms with Crippen molar-refractivity contribution >= 4 is 0 Å². The minimum atomic E-state index is -0.327. The van der Waals surface area contributed by atoms with E-state index in [0.717, 1.165) is 25.7 Å². The van der Waals surface area contributed by atoms with Gasteiger partial charge in [-0.25, -0.2) is 0 Å². The molecular formula is C11H20O4. The van der Waals surface area contributed by atoms with Gasteiger partial charge < -0.3 is 19.7 Å². The van der Waals surface area contributed by atoms with Crippen molar-refractivity contribution < 1.29 is 19.7 Å². The van der Waals surface area contributed by atoms with E-state index >= 15 is 0 Å². The van der Waals surface area contributed by atoms with E-state index in [4.69, 9.17) is 19.7 Å². The Balaban J connectivity index is 1.85. The molecule has 0 unspecified atom stereocenters. The second kappa shape index (κ2) is 4.78. The van der Waals surface area contributed by atoms with Gasteiger partial charge in [-0.2, -0.15) is 0 Å². The van der Waals surface area contributed by atoms with E-state index in [1.54, 1.807) is 0 Å². The molecule has 0 atom stereocenters. The molecule has 1 aliphatic heterocycles. The molecule has 1 saturated carbocycles. The molecule has 1 saturated heterocycles. The molecule has 1 heterocycles.